The summed E-state index contributed by atoms with van der Waals surface area (Å²) in [5.74, 6) is -0.505. The van der Waals surface area contributed by atoms with Gasteiger partial charge in [0.05, 0.1) is 42.2 Å². The number of hydrogen-bond acceptors (Lipinski definition) is 6. The van der Waals surface area contributed by atoms with Gasteiger partial charge in [0.25, 0.3) is 5.56 Å². The van der Waals surface area contributed by atoms with Crippen molar-refractivity contribution < 1.29 is 14.3 Å². The fraction of sp³-hybridized carbons (Fsp3) is 0.375. The van der Waals surface area contributed by atoms with E-state index in [0.717, 1.165) is 0 Å². The van der Waals surface area contributed by atoms with Crippen molar-refractivity contribution in [2.75, 3.05) is 6.61 Å². The van der Waals surface area contributed by atoms with Gasteiger partial charge in [-0.3, -0.25) is 9.36 Å². The monoisotopic (exact) mass is 362 g/mol. The highest BCUT2D eigenvalue weighted by Crippen LogP contribution is 2.19. The van der Waals surface area contributed by atoms with Crippen LogP contribution in [0.1, 0.15) is 20.3 Å². The van der Waals surface area contributed by atoms with Gasteiger partial charge in [0, 0.05) is 0 Å². The summed E-state index contributed by atoms with van der Waals surface area (Å²) in [6, 6.07) is 0.839. The molecule has 0 saturated carbocycles. The van der Waals surface area contributed by atoms with Crippen molar-refractivity contribution in [1.29, 1.82) is 0 Å². The van der Waals surface area contributed by atoms with Gasteiger partial charge in [0.2, 0.25) is 0 Å². The van der Waals surface area contributed by atoms with Crippen LogP contribution in [-0.2, 0) is 16.1 Å². The predicted octanol–water partition coefficient (Wildman–Crippen LogP) is 1.37. The Morgan fingerprint density at radius 3 is 2.92 bits per heavy atom. The van der Waals surface area contributed by atoms with Crippen molar-refractivity contribution >= 4 is 33.6 Å². The summed E-state index contributed by atoms with van der Waals surface area (Å²) in [6.07, 6.45) is 1.95. The van der Waals surface area contributed by atoms with Crippen molar-refractivity contribution in [1.82, 2.24) is 20.2 Å². The zero-order valence-corrected chi connectivity index (χ0v) is 14.7. The Labute approximate surface area is 147 Å². The maximum absolute atomic E-state index is 12.6. The number of thiophene rings is 1. The van der Waals surface area contributed by atoms with Crippen LogP contribution < -0.4 is 16.2 Å². The number of rotatable bonds is 5. The second kappa shape index (κ2) is 7.06. The van der Waals surface area contributed by atoms with E-state index < -0.39 is 18.0 Å². The molecule has 1 atom stereocenters. The quantitative estimate of drug-likeness (QED) is 0.782. The van der Waals surface area contributed by atoms with E-state index in [2.05, 4.69) is 15.6 Å². The highest BCUT2D eigenvalue weighted by molar-refractivity contribution is 7.16. The van der Waals surface area contributed by atoms with Gasteiger partial charge in [-0.2, -0.15) is 0 Å². The predicted molar refractivity (Wildman–Crippen MR) is 93.3 cm³/mol. The molecule has 0 aliphatic carbocycles. The van der Waals surface area contributed by atoms with E-state index >= 15 is 0 Å². The molecule has 2 aromatic rings. The number of nitrogens with zero attached hydrogens (tertiary/aromatic N) is 2. The molecule has 9 heteroatoms. The number of carbonyl (C=O) groups excluding carboxylic acids is 2. The first-order valence-corrected chi connectivity index (χ1v) is 8.83. The number of allylic oxidation sites excluding steroid dienone is 1. The number of carbonyl (C=O) groups is 2. The highest BCUT2D eigenvalue weighted by atomic mass is 32.1. The fourth-order valence-electron chi connectivity index (χ4n) is 2.76. The number of urea groups is 1. The number of ether oxygens (including phenoxy) is 1. The van der Waals surface area contributed by atoms with Crippen LogP contribution in [0.3, 0.4) is 0 Å². The van der Waals surface area contributed by atoms with Gasteiger partial charge in [0.1, 0.15) is 4.83 Å². The molecule has 8 nitrogen and oxygen atoms in total. The molecule has 1 aliphatic heterocycles. The van der Waals surface area contributed by atoms with Crippen molar-refractivity contribution in [3.63, 3.8) is 0 Å². The first-order valence-electron chi connectivity index (χ1n) is 7.95. The SMILES string of the molecule is CCOC(=O)C1=C(Cn2cnc3sccc3c2=O)NC(=O)NC1CC. The number of amides is 2. The Morgan fingerprint density at radius 1 is 1.40 bits per heavy atom. The molecule has 0 saturated heterocycles. The lowest BCUT2D eigenvalue weighted by molar-refractivity contribution is -0.139. The number of esters is 1. The van der Waals surface area contributed by atoms with E-state index in [0.29, 0.717) is 27.9 Å². The van der Waals surface area contributed by atoms with Crippen LogP contribution in [0, 0.1) is 0 Å². The van der Waals surface area contributed by atoms with E-state index in [-0.39, 0.29) is 18.7 Å². The van der Waals surface area contributed by atoms with Crippen LogP contribution in [0.4, 0.5) is 4.79 Å². The molecule has 0 bridgehead atoms. The van der Waals surface area contributed by atoms with Gasteiger partial charge < -0.3 is 15.4 Å². The van der Waals surface area contributed by atoms with Gasteiger partial charge in [0.15, 0.2) is 0 Å². The molecule has 0 aromatic carbocycles. The zero-order chi connectivity index (χ0) is 18.0. The average molecular weight is 362 g/mol. The van der Waals surface area contributed by atoms with Crippen molar-refractivity contribution in [2.24, 2.45) is 0 Å². The Hall–Kier alpha value is -2.68. The molecule has 1 aliphatic rings. The largest absolute Gasteiger partial charge is 0.463 e. The molecule has 0 radical (unpaired) electrons. The standard InChI is InChI=1S/C16H18N4O4S/c1-3-10-12(15(22)24-4-2)11(19-16(23)18-10)7-20-8-17-13-9(14(20)21)5-6-25-13/h5-6,8,10H,3-4,7H2,1-2H3,(H2,18,19,23). The van der Waals surface area contributed by atoms with E-state index in [1.807, 2.05) is 6.92 Å². The molecule has 1 unspecified atom stereocenters. The van der Waals surface area contributed by atoms with Crippen molar-refractivity contribution in [3.8, 4) is 0 Å². The molecule has 132 valence electrons. The van der Waals surface area contributed by atoms with Gasteiger partial charge in [-0.1, -0.05) is 6.92 Å². The van der Waals surface area contributed by atoms with Crippen LogP contribution in [0.2, 0.25) is 0 Å². The summed E-state index contributed by atoms with van der Waals surface area (Å²) in [4.78, 5) is 41.7. The lowest BCUT2D eigenvalue weighted by atomic mass is 10.00. The van der Waals surface area contributed by atoms with Crippen LogP contribution >= 0.6 is 11.3 Å². The summed E-state index contributed by atoms with van der Waals surface area (Å²) in [6.45, 7) is 3.84. The third kappa shape index (κ3) is 3.27. The van der Waals surface area contributed by atoms with E-state index in [1.165, 1.54) is 22.2 Å². The minimum Gasteiger partial charge on any atom is -0.463 e. The molecule has 3 rings (SSSR count). The highest BCUT2D eigenvalue weighted by Gasteiger charge is 2.31. The maximum Gasteiger partial charge on any atom is 0.337 e. The second-order valence-corrected chi connectivity index (χ2v) is 6.38. The van der Waals surface area contributed by atoms with Crippen molar-refractivity contribution in [3.05, 3.63) is 39.4 Å². The van der Waals surface area contributed by atoms with Crippen LogP contribution in [-0.4, -0.2) is 34.2 Å². The van der Waals surface area contributed by atoms with Gasteiger partial charge in [-0.25, -0.2) is 14.6 Å². The topological polar surface area (TPSA) is 102 Å². The Kier molecular flexibility index (Phi) is 4.84. The lowest BCUT2D eigenvalue weighted by Gasteiger charge is -2.28. The minimum absolute atomic E-state index is 0.0374. The first-order chi connectivity index (χ1) is 12.0. The summed E-state index contributed by atoms with van der Waals surface area (Å²) in [7, 11) is 0. The van der Waals surface area contributed by atoms with Gasteiger partial charge >= 0.3 is 12.0 Å². The number of aromatic nitrogens is 2. The second-order valence-electron chi connectivity index (χ2n) is 5.49. The molecular weight excluding hydrogens is 344 g/mol. The Bertz CT molecular complexity index is 914. The number of nitrogens with one attached hydrogen (secondary N) is 2. The van der Waals surface area contributed by atoms with Gasteiger partial charge in [-0.05, 0) is 24.8 Å². The van der Waals surface area contributed by atoms with Crippen LogP contribution in [0.15, 0.2) is 33.8 Å². The van der Waals surface area contributed by atoms with E-state index in [1.54, 1.807) is 18.4 Å². The Morgan fingerprint density at radius 2 is 2.20 bits per heavy atom. The normalized spacial score (nSPS) is 17.4. The zero-order valence-electron chi connectivity index (χ0n) is 13.9. The molecule has 2 N–H and O–H groups in total. The van der Waals surface area contributed by atoms with Crippen molar-refractivity contribution in [2.45, 2.75) is 32.9 Å². The molecule has 2 aromatic heterocycles. The maximum atomic E-state index is 12.6. The third-order valence-corrected chi connectivity index (χ3v) is 4.75. The summed E-state index contributed by atoms with van der Waals surface area (Å²) in [5.41, 5.74) is 0.469. The molecule has 2 amide bonds. The van der Waals surface area contributed by atoms with Gasteiger partial charge in [-0.15, -0.1) is 11.3 Å². The smallest absolute Gasteiger partial charge is 0.337 e. The molecule has 25 heavy (non-hydrogen) atoms. The summed E-state index contributed by atoms with van der Waals surface area (Å²) in [5, 5.41) is 7.64. The van der Waals surface area contributed by atoms with E-state index in [9.17, 15) is 14.4 Å². The Balaban J connectivity index is 2.05. The van der Waals surface area contributed by atoms with Crippen LogP contribution in [0.25, 0.3) is 10.2 Å². The third-order valence-electron chi connectivity index (χ3n) is 3.93. The number of hydrogen-bond donors (Lipinski definition) is 2. The molecular formula is C16H18N4O4S. The molecule has 3 heterocycles. The molecule has 0 fully saturated rings. The molecule has 0 spiro atoms. The number of fused-ring (bicyclic) bond motifs is 1. The summed E-state index contributed by atoms with van der Waals surface area (Å²) < 4.78 is 6.49. The minimum atomic E-state index is -0.505. The lowest BCUT2D eigenvalue weighted by Crippen LogP contribution is -2.51. The summed E-state index contributed by atoms with van der Waals surface area (Å²) >= 11 is 1.38. The average Bonchev–Trinajstić information content (AvgIpc) is 3.06. The van der Waals surface area contributed by atoms with Crippen LogP contribution in [0.5, 0.6) is 0 Å². The fourth-order valence-corrected chi connectivity index (χ4v) is 3.49. The van der Waals surface area contributed by atoms with E-state index in [4.69, 9.17) is 4.74 Å². The first kappa shape index (κ1) is 17.2.